The molecule has 1 N–H and O–H groups in total. The zero-order valence-corrected chi connectivity index (χ0v) is 10.9. The van der Waals surface area contributed by atoms with E-state index in [1.165, 1.54) is 0 Å². The van der Waals surface area contributed by atoms with E-state index in [1.807, 2.05) is 6.92 Å². The highest BCUT2D eigenvalue weighted by Gasteiger charge is 2.20. The molecule has 5 heteroatoms. The van der Waals surface area contributed by atoms with Crippen molar-refractivity contribution in [2.24, 2.45) is 5.92 Å². The van der Waals surface area contributed by atoms with Crippen LogP contribution in [0.25, 0.3) is 0 Å². The molecule has 2 nitrogen and oxygen atoms in total. The largest absolute Gasteiger partial charge is 0.381 e. The lowest BCUT2D eigenvalue weighted by atomic mass is 9.93. The first-order valence-electron chi connectivity index (χ1n) is 6.52. The molecule has 1 aromatic rings. The van der Waals surface area contributed by atoms with E-state index in [4.69, 9.17) is 4.74 Å². The smallest absolute Gasteiger partial charge is 0.194 e. The molecule has 106 valence electrons. The normalized spacial score (nSPS) is 18.5. The predicted octanol–water partition coefficient (Wildman–Crippen LogP) is 3.01. The van der Waals surface area contributed by atoms with E-state index >= 15 is 0 Å². The second-order valence-corrected chi connectivity index (χ2v) is 4.99. The van der Waals surface area contributed by atoms with Crippen molar-refractivity contribution >= 4 is 0 Å². The molecular weight excluding hydrogens is 255 g/mol. The summed E-state index contributed by atoms with van der Waals surface area (Å²) in [5.41, 5.74) is 0.412. The van der Waals surface area contributed by atoms with Crippen LogP contribution in [0, 0.1) is 23.4 Å². The molecule has 1 atom stereocenters. The lowest BCUT2D eigenvalue weighted by molar-refractivity contribution is 0.0558. The van der Waals surface area contributed by atoms with Gasteiger partial charge in [0.1, 0.15) is 0 Å². The summed E-state index contributed by atoms with van der Waals surface area (Å²) in [6.07, 6.45) is 1.97. The summed E-state index contributed by atoms with van der Waals surface area (Å²) >= 11 is 0. The molecule has 0 radical (unpaired) electrons. The van der Waals surface area contributed by atoms with Crippen LogP contribution in [0.4, 0.5) is 13.2 Å². The SMILES string of the molecule is CC(NCc1cc(F)c(F)c(F)c1)C1CCOCC1. The molecule has 1 aliphatic heterocycles. The molecule has 1 saturated heterocycles. The van der Waals surface area contributed by atoms with Crippen molar-refractivity contribution in [3.8, 4) is 0 Å². The molecule has 1 unspecified atom stereocenters. The van der Waals surface area contributed by atoms with Crippen LogP contribution in [0.5, 0.6) is 0 Å². The van der Waals surface area contributed by atoms with Gasteiger partial charge in [-0.15, -0.1) is 0 Å². The molecular formula is C14H18F3NO. The summed E-state index contributed by atoms with van der Waals surface area (Å²) in [7, 11) is 0. The van der Waals surface area contributed by atoms with Crippen LogP contribution >= 0.6 is 0 Å². The van der Waals surface area contributed by atoms with Crippen molar-refractivity contribution in [2.75, 3.05) is 13.2 Å². The van der Waals surface area contributed by atoms with E-state index in [0.29, 0.717) is 18.0 Å². The van der Waals surface area contributed by atoms with Gasteiger partial charge in [-0.2, -0.15) is 0 Å². The Labute approximate surface area is 111 Å². The first kappa shape index (κ1) is 14.3. The highest BCUT2D eigenvalue weighted by atomic mass is 19.2. The quantitative estimate of drug-likeness (QED) is 0.851. The maximum atomic E-state index is 13.1. The number of halogens is 3. The average molecular weight is 273 g/mol. The third-order valence-electron chi connectivity index (χ3n) is 3.64. The molecule has 1 heterocycles. The maximum absolute atomic E-state index is 13.1. The third-order valence-corrected chi connectivity index (χ3v) is 3.64. The monoisotopic (exact) mass is 273 g/mol. The Morgan fingerprint density at radius 3 is 2.37 bits per heavy atom. The van der Waals surface area contributed by atoms with Gasteiger partial charge in [-0.1, -0.05) is 0 Å². The number of ether oxygens (including phenoxy) is 1. The van der Waals surface area contributed by atoms with Crippen molar-refractivity contribution in [3.05, 3.63) is 35.1 Å². The topological polar surface area (TPSA) is 21.3 Å². The van der Waals surface area contributed by atoms with Crippen LogP contribution in [0.15, 0.2) is 12.1 Å². The van der Waals surface area contributed by atoms with Crippen LogP contribution in [-0.4, -0.2) is 19.3 Å². The average Bonchev–Trinajstić information content (AvgIpc) is 2.43. The van der Waals surface area contributed by atoms with Crippen molar-refractivity contribution in [1.29, 1.82) is 0 Å². The van der Waals surface area contributed by atoms with Gasteiger partial charge in [-0.3, -0.25) is 0 Å². The summed E-state index contributed by atoms with van der Waals surface area (Å²) in [5, 5.41) is 3.23. The van der Waals surface area contributed by atoms with Gasteiger partial charge in [0.15, 0.2) is 17.5 Å². The van der Waals surface area contributed by atoms with Gasteiger partial charge in [-0.25, -0.2) is 13.2 Å². The second kappa shape index (κ2) is 6.39. The fourth-order valence-corrected chi connectivity index (χ4v) is 2.37. The molecule has 2 rings (SSSR count). The van der Waals surface area contributed by atoms with Crippen molar-refractivity contribution < 1.29 is 17.9 Å². The molecule has 0 aliphatic carbocycles. The first-order chi connectivity index (χ1) is 9.08. The molecule has 1 aliphatic rings. The first-order valence-corrected chi connectivity index (χ1v) is 6.52. The van der Waals surface area contributed by atoms with Crippen molar-refractivity contribution in [3.63, 3.8) is 0 Å². The molecule has 1 aromatic carbocycles. The molecule has 0 amide bonds. The predicted molar refractivity (Wildman–Crippen MR) is 66.2 cm³/mol. The Morgan fingerprint density at radius 2 is 1.79 bits per heavy atom. The molecule has 1 fully saturated rings. The maximum Gasteiger partial charge on any atom is 0.194 e. The molecule has 0 saturated carbocycles. The number of hydrogen-bond acceptors (Lipinski definition) is 2. The minimum Gasteiger partial charge on any atom is -0.381 e. The van der Waals surface area contributed by atoms with Gasteiger partial charge in [0.05, 0.1) is 0 Å². The lowest BCUT2D eigenvalue weighted by Gasteiger charge is -2.28. The zero-order valence-electron chi connectivity index (χ0n) is 10.9. The van der Waals surface area contributed by atoms with Crippen LogP contribution < -0.4 is 5.32 Å². The fourth-order valence-electron chi connectivity index (χ4n) is 2.37. The van der Waals surface area contributed by atoms with Crippen LogP contribution in [0.3, 0.4) is 0 Å². The Morgan fingerprint density at radius 1 is 1.21 bits per heavy atom. The number of nitrogens with one attached hydrogen (secondary N) is 1. The van der Waals surface area contributed by atoms with E-state index in [2.05, 4.69) is 5.32 Å². The fraction of sp³-hybridized carbons (Fsp3) is 0.571. The Balaban J connectivity index is 1.91. The summed E-state index contributed by atoms with van der Waals surface area (Å²) in [6, 6.07) is 2.30. The van der Waals surface area contributed by atoms with E-state index < -0.39 is 17.5 Å². The molecule has 0 bridgehead atoms. The van der Waals surface area contributed by atoms with E-state index in [0.717, 1.165) is 38.2 Å². The Bertz CT molecular complexity index is 410. The van der Waals surface area contributed by atoms with Crippen molar-refractivity contribution in [1.82, 2.24) is 5.32 Å². The lowest BCUT2D eigenvalue weighted by Crippen LogP contribution is -2.36. The second-order valence-electron chi connectivity index (χ2n) is 4.99. The highest BCUT2D eigenvalue weighted by molar-refractivity contribution is 5.19. The van der Waals surface area contributed by atoms with E-state index in [-0.39, 0.29) is 6.04 Å². The summed E-state index contributed by atoms with van der Waals surface area (Å²) in [4.78, 5) is 0. The van der Waals surface area contributed by atoms with Gasteiger partial charge in [0.25, 0.3) is 0 Å². The van der Waals surface area contributed by atoms with E-state index in [1.54, 1.807) is 0 Å². The standard InChI is InChI=1S/C14H18F3NO/c1-9(11-2-4-19-5-3-11)18-8-10-6-12(15)14(17)13(16)7-10/h6-7,9,11,18H,2-5,8H2,1H3. The zero-order chi connectivity index (χ0) is 13.8. The third kappa shape index (κ3) is 3.70. The number of rotatable bonds is 4. The van der Waals surface area contributed by atoms with Gasteiger partial charge in [0.2, 0.25) is 0 Å². The molecule has 19 heavy (non-hydrogen) atoms. The minimum atomic E-state index is -1.42. The Kier molecular flexibility index (Phi) is 4.82. The number of hydrogen-bond donors (Lipinski definition) is 1. The van der Waals surface area contributed by atoms with Crippen LogP contribution in [0.1, 0.15) is 25.3 Å². The van der Waals surface area contributed by atoms with Gasteiger partial charge in [-0.05, 0) is 43.4 Å². The minimum absolute atomic E-state index is 0.236. The Hall–Kier alpha value is -1.07. The molecule has 0 spiro atoms. The summed E-state index contributed by atoms with van der Waals surface area (Å²) in [5.74, 6) is -3.20. The van der Waals surface area contributed by atoms with Gasteiger partial charge in [0, 0.05) is 25.8 Å². The van der Waals surface area contributed by atoms with Crippen LogP contribution in [0.2, 0.25) is 0 Å². The van der Waals surface area contributed by atoms with Gasteiger partial charge >= 0.3 is 0 Å². The summed E-state index contributed by atoms with van der Waals surface area (Å²) < 4.78 is 44.2. The number of benzene rings is 1. The summed E-state index contributed by atoms with van der Waals surface area (Å²) in [6.45, 7) is 3.89. The van der Waals surface area contributed by atoms with Crippen molar-refractivity contribution in [2.45, 2.75) is 32.4 Å². The molecule has 0 aromatic heterocycles. The highest BCUT2D eigenvalue weighted by Crippen LogP contribution is 2.19. The van der Waals surface area contributed by atoms with Crippen LogP contribution in [-0.2, 0) is 11.3 Å². The van der Waals surface area contributed by atoms with Gasteiger partial charge < -0.3 is 10.1 Å². The van der Waals surface area contributed by atoms with E-state index in [9.17, 15) is 13.2 Å².